The number of hydrogen-bond acceptors (Lipinski definition) is 3. The van der Waals surface area contributed by atoms with E-state index in [1.54, 1.807) is 12.1 Å². The number of aliphatic hydroxyl groups excluding tert-OH is 1. The molecule has 0 amide bonds. The van der Waals surface area contributed by atoms with Crippen LogP contribution in [0.4, 0.5) is 18.9 Å². The Morgan fingerprint density at radius 3 is 2.28 bits per heavy atom. The van der Waals surface area contributed by atoms with Gasteiger partial charge in [-0.15, -0.1) is 13.2 Å². The second kappa shape index (κ2) is 8.81. The first kappa shape index (κ1) is 21.1. The summed E-state index contributed by atoms with van der Waals surface area (Å²) in [5, 5.41) is 12.2. The second-order valence-electron chi connectivity index (χ2n) is 6.37. The summed E-state index contributed by atoms with van der Waals surface area (Å²) in [5.74, 6) is -0.356. The first-order valence-electron chi connectivity index (χ1n) is 8.61. The molecular formula is C20H18F3NO4S. The highest BCUT2D eigenvalue weighted by molar-refractivity contribution is 7.80. The third-order valence-corrected chi connectivity index (χ3v) is 4.95. The number of fused-ring (bicyclic) bond motifs is 1. The molecule has 0 fully saturated rings. The first-order chi connectivity index (χ1) is 13.7. The molecule has 0 saturated heterocycles. The predicted octanol–water partition coefficient (Wildman–Crippen LogP) is 4.29. The lowest BCUT2D eigenvalue weighted by Crippen LogP contribution is -2.34. The van der Waals surface area contributed by atoms with Crippen molar-refractivity contribution in [1.82, 2.24) is 0 Å². The van der Waals surface area contributed by atoms with Crippen molar-refractivity contribution in [2.45, 2.75) is 18.9 Å². The van der Waals surface area contributed by atoms with Gasteiger partial charge in [0.2, 0.25) is 0 Å². The SMILES string of the molecule is O=S(O)N(CC(O)Cc1ccc(OC(F)(F)F)cc1)c1ccc2ccccc2c1. The summed E-state index contributed by atoms with van der Waals surface area (Å²) in [7, 11) is 0. The van der Waals surface area contributed by atoms with Crippen molar-refractivity contribution >= 4 is 27.7 Å². The standard InChI is InChI=1S/C20H18F3NO4S/c21-20(22,23)28-19-9-5-14(6-10-19)11-18(25)13-24(29(26)27)17-8-7-15-3-1-2-4-16(15)12-17/h1-10,12,18,25H,11,13H2,(H,26,27). The lowest BCUT2D eigenvalue weighted by atomic mass is 10.1. The zero-order valence-electron chi connectivity index (χ0n) is 15.0. The van der Waals surface area contributed by atoms with Gasteiger partial charge in [-0.25, -0.2) is 4.21 Å². The molecule has 0 aliphatic rings. The Morgan fingerprint density at radius 2 is 1.66 bits per heavy atom. The maximum Gasteiger partial charge on any atom is 0.573 e. The van der Waals surface area contributed by atoms with Gasteiger partial charge in [0.05, 0.1) is 18.3 Å². The molecule has 0 aliphatic heterocycles. The number of halogens is 3. The highest BCUT2D eigenvalue weighted by Crippen LogP contribution is 2.25. The van der Waals surface area contributed by atoms with E-state index in [1.165, 1.54) is 12.1 Å². The van der Waals surface area contributed by atoms with Crippen LogP contribution in [0, 0.1) is 0 Å². The summed E-state index contributed by atoms with van der Waals surface area (Å²) >= 11 is -2.36. The molecule has 2 unspecified atom stereocenters. The molecule has 5 nitrogen and oxygen atoms in total. The second-order valence-corrected chi connectivity index (χ2v) is 7.28. The van der Waals surface area contributed by atoms with Gasteiger partial charge in [0, 0.05) is 6.42 Å². The molecule has 0 bridgehead atoms. The van der Waals surface area contributed by atoms with Crippen molar-refractivity contribution in [1.29, 1.82) is 0 Å². The fourth-order valence-electron chi connectivity index (χ4n) is 2.95. The van der Waals surface area contributed by atoms with E-state index < -0.39 is 23.7 Å². The van der Waals surface area contributed by atoms with E-state index >= 15 is 0 Å². The van der Waals surface area contributed by atoms with Gasteiger partial charge >= 0.3 is 6.36 Å². The van der Waals surface area contributed by atoms with E-state index in [2.05, 4.69) is 4.74 Å². The third-order valence-electron chi connectivity index (χ3n) is 4.21. The molecule has 9 heteroatoms. The van der Waals surface area contributed by atoms with Crippen LogP contribution in [0.25, 0.3) is 10.8 Å². The monoisotopic (exact) mass is 425 g/mol. The van der Waals surface area contributed by atoms with E-state index in [9.17, 15) is 27.0 Å². The van der Waals surface area contributed by atoms with Gasteiger partial charge in [-0.1, -0.05) is 42.5 Å². The highest BCUT2D eigenvalue weighted by Gasteiger charge is 2.31. The van der Waals surface area contributed by atoms with Crippen LogP contribution in [0.2, 0.25) is 0 Å². The number of benzene rings is 3. The maximum absolute atomic E-state index is 12.2. The summed E-state index contributed by atoms with van der Waals surface area (Å²) in [6.45, 7) is -0.137. The van der Waals surface area contributed by atoms with Crippen molar-refractivity contribution in [3.8, 4) is 5.75 Å². The van der Waals surface area contributed by atoms with E-state index in [0.29, 0.717) is 11.3 Å². The summed E-state index contributed by atoms with van der Waals surface area (Å²) in [6.07, 6.45) is -5.70. The zero-order valence-corrected chi connectivity index (χ0v) is 15.9. The van der Waals surface area contributed by atoms with Crippen molar-refractivity contribution < 1.29 is 31.8 Å². The molecule has 2 N–H and O–H groups in total. The molecule has 154 valence electrons. The first-order valence-corrected chi connectivity index (χ1v) is 9.68. The van der Waals surface area contributed by atoms with Crippen LogP contribution in [0.5, 0.6) is 5.75 Å². The summed E-state index contributed by atoms with van der Waals surface area (Å²) in [4.78, 5) is 0. The van der Waals surface area contributed by atoms with Crippen LogP contribution in [0.1, 0.15) is 5.56 Å². The van der Waals surface area contributed by atoms with Gasteiger partial charge in [-0.2, -0.15) is 0 Å². The minimum absolute atomic E-state index is 0.0909. The average Bonchev–Trinajstić information content (AvgIpc) is 2.66. The van der Waals surface area contributed by atoms with Gasteiger partial charge in [0.25, 0.3) is 11.3 Å². The predicted molar refractivity (Wildman–Crippen MR) is 105 cm³/mol. The average molecular weight is 425 g/mol. The summed E-state index contributed by atoms with van der Waals surface area (Å²) < 4.78 is 63.1. The number of alkyl halides is 3. The number of hydrogen-bond donors (Lipinski definition) is 2. The molecule has 0 heterocycles. The molecule has 0 aliphatic carbocycles. The number of nitrogens with zero attached hydrogens (tertiary/aromatic N) is 1. The molecule has 3 aromatic carbocycles. The largest absolute Gasteiger partial charge is 0.573 e. The smallest absolute Gasteiger partial charge is 0.406 e. The van der Waals surface area contributed by atoms with Gasteiger partial charge in [0.1, 0.15) is 5.75 Å². The number of ether oxygens (including phenoxy) is 1. The van der Waals surface area contributed by atoms with Gasteiger partial charge < -0.3 is 9.84 Å². The number of aliphatic hydroxyl groups is 1. The normalized spacial score (nSPS) is 13.8. The van der Waals surface area contributed by atoms with Crippen molar-refractivity contribution in [2.75, 3.05) is 10.8 Å². The highest BCUT2D eigenvalue weighted by atomic mass is 32.2. The minimum Gasteiger partial charge on any atom is -0.406 e. The summed E-state index contributed by atoms with van der Waals surface area (Å²) in [5.41, 5.74) is 1.03. The fraction of sp³-hybridized carbons (Fsp3) is 0.200. The summed E-state index contributed by atoms with van der Waals surface area (Å²) in [6, 6.07) is 17.9. The molecule has 3 rings (SSSR count). The Kier molecular flexibility index (Phi) is 6.41. The Bertz CT molecular complexity index is 995. The fourth-order valence-corrected chi connectivity index (χ4v) is 3.54. The maximum atomic E-state index is 12.2. The van der Waals surface area contributed by atoms with E-state index in [0.717, 1.165) is 27.2 Å². The lowest BCUT2D eigenvalue weighted by Gasteiger charge is -2.23. The Balaban J connectivity index is 1.69. The van der Waals surface area contributed by atoms with Crippen molar-refractivity contribution in [3.63, 3.8) is 0 Å². The van der Waals surface area contributed by atoms with Gasteiger partial charge in [-0.3, -0.25) is 8.86 Å². The van der Waals surface area contributed by atoms with Gasteiger partial charge in [-0.05, 0) is 40.6 Å². The molecule has 0 aromatic heterocycles. The van der Waals surface area contributed by atoms with E-state index in [4.69, 9.17) is 0 Å². The van der Waals surface area contributed by atoms with Crippen LogP contribution in [-0.4, -0.2) is 32.9 Å². The minimum atomic E-state index is -4.77. The zero-order chi connectivity index (χ0) is 21.0. The quantitative estimate of drug-likeness (QED) is 0.555. The molecular weight excluding hydrogens is 407 g/mol. The topological polar surface area (TPSA) is 70.0 Å². The van der Waals surface area contributed by atoms with E-state index in [-0.39, 0.29) is 18.7 Å². The van der Waals surface area contributed by atoms with Crippen LogP contribution in [-0.2, 0) is 17.7 Å². The Morgan fingerprint density at radius 1 is 1.00 bits per heavy atom. The Hall–Kier alpha value is -2.62. The van der Waals surface area contributed by atoms with Crippen LogP contribution >= 0.6 is 0 Å². The van der Waals surface area contributed by atoms with E-state index in [1.807, 2.05) is 30.3 Å². The van der Waals surface area contributed by atoms with Crippen LogP contribution < -0.4 is 9.04 Å². The molecule has 0 saturated carbocycles. The molecule has 0 radical (unpaired) electrons. The molecule has 3 aromatic rings. The van der Waals surface area contributed by atoms with Crippen molar-refractivity contribution in [3.05, 3.63) is 72.3 Å². The molecule has 0 spiro atoms. The van der Waals surface area contributed by atoms with Crippen LogP contribution in [0.3, 0.4) is 0 Å². The number of anilines is 1. The third kappa shape index (κ3) is 5.93. The van der Waals surface area contributed by atoms with Crippen molar-refractivity contribution in [2.24, 2.45) is 0 Å². The van der Waals surface area contributed by atoms with Gasteiger partial charge in [0.15, 0.2) is 0 Å². The molecule has 29 heavy (non-hydrogen) atoms. The molecule has 2 atom stereocenters. The number of rotatable bonds is 7. The lowest BCUT2D eigenvalue weighted by molar-refractivity contribution is -0.274. The Labute approximate surface area is 167 Å². The van der Waals surface area contributed by atoms with Crippen LogP contribution in [0.15, 0.2) is 66.7 Å².